The number of rotatable bonds is 6. The van der Waals surface area contributed by atoms with E-state index in [9.17, 15) is 4.79 Å². The van der Waals surface area contributed by atoms with Gasteiger partial charge in [-0.15, -0.1) is 11.3 Å². The third-order valence-electron chi connectivity index (χ3n) is 4.46. The van der Waals surface area contributed by atoms with Crippen LogP contribution >= 0.6 is 11.3 Å². The Balaban J connectivity index is 1.59. The van der Waals surface area contributed by atoms with E-state index in [4.69, 9.17) is 5.10 Å². The predicted octanol–water partition coefficient (Wildman–Crippen LogP) is 4.73. The van der Waals surface area contributed by atoms with E-state index in [-0.39, 0.29) is 5.91 Å². The lowest BCUT2D eigenvalue weighted by Gasteiger charge is -2.01. The van der Waals surface area contributed by atoms with E-state index < -0.39 is 0 Å². The minimum Gasteiger partial charge on any atom is -0.267 e. The number of carbonyl (C=O) groups is 1. The summed E-state index contributed by atoms with van der Waals surface area (Å²) in [4.78, 5) is 13.0. The number of aryl methyl sites for hydroxylation is 1. The third-order valence-corrected chi connectivity index (χ3v) is 5.48. The lowest BCUT2D eigenvalue weighted by atomic mass is 10.1. The summed E-state index contributed by atoms with van der Waals surface area (Å²) in [5.74, 6) is -0.202. The Morgan fingerprint density at radius 2 is 1.83 bits per heavy atom. The second-order valence-electron chi connectivity index (χ2n) is 6.61. The molecule has 0 atom stereocenters. The van der Waals surface area contributed by atoms with Crippen molar-refractivity contribution in [1.82, 2.24) is 15.2 Å². The van der Waals surface area contributed by atoms with E-state index in [1.807, 2.05) is 77.8 Å². The molecule has 0 saturated heterocycles. The topological polar surface area (TPSA) is 59.3 Å². The Hall–Kier alpha value is -3.51. The number of nitrogens with one attached hydrogen (secondary N) is 1. The van der Waals surface area contributed by atoms with E-state index in [0.717, 1.165) is 22.4 Å². The van der Waals surface area contributed by atoms with E-state index in [0.29, 0.717) is 11.4 Å². The monoisotopic (exact) mass is 400 g/mol. The summed E-state index contributed by atoms with van der Waals surface area (Å²) >= 11 is 1.41. The van der Waals surface area contributed by atoms with Crippen LogP contribution in [0.5, 0.6) is 0 Å². The molecule has 6 heteroatoms. The van der Waals surface area contributed by atoms with E-state index >= 15 is 0 Å². The fraction of sp³-hybridized carbons (Fsp3) is 0.0870. The van der Waals surface area contributed by atoms with Crippen molar-refractivity contribution >= 4 is 23.5 Å². The van der Waals surface area contributed by atoms with Crippen LogP contribution in [0.25, 0.3) is 11.3 Å². The lowest BCUT2D eigenvalue weighted by molar-refractivity contribution is 0.0958. The summed E-state index contributed by atoms with van der Waals surface area (Å²) in [6.07, 6.45) is 3.60. The van der Waals surface area contributed by atoms with Crippen molar-refractivity contribution in [3.8, 4) is 11.3 Å². The molecular weight excluding hydrogens is 380 g/mol. The van der Waals surface area contributed by atoms with Crippen LogP contribution in [-0.2, 0) is 6.54 Å². The van der Waals surface area contributed by atoms with Crippen molar-refractivity contribution in [3.05, 3.63) is 99.9 Å². The number of nitrogens with zero attached hydrogens (tertiary/aromatic N) is 3. The first kappa shape index (κ1) is 18.8. The molecule has 2 aromatic heterocycles. The zero-order valence-corrected chi connectivity index (χ0v) is 16.8. The molecule has 0 spiro atoms. The summed E-state index contributed by atoms with van der Waals surface area (Å²) in [5, 5.41) is 10.8. The molecule has 4 aromatic rings. The second-order valence-corrected chi connectivity index (χ2v) is 7.53. The molecule has 0 saturated carbocycles. The molecule has 144 valence electrons. The molecule has 1 amide bonds. The fourth-order valence-electron chi connectivity index (χ4n) is 3.02. The summed E-state index contributed by atoms with van der Waals surface area (Å²) < 4.78 is 1.89. The number of aromatic nitrogens is 2. The molecule has 0 bridgehead atoms. The Labute approximate surface area is 173 Å². The average Bonchev–Trinajstić information content (AvgIpc) is 3.35. The molecule has 2 heterocycles. The van der Waals surface area contributed by atoms with Gasteiger partial charge in [0.1, 0.15) is 5.69 Å². The van der Waals surface area contributed by atoms with Crippen molar-refractivity contribution < 1.29 is 4.79 Å². The molecule has 0 aliphatic heterocycles. The van der Waals surface area contributed by atoms with Crippen molar-refractivity contribution in [1.29, 1.82) is 0 Å². The van der Waals surface area contributed by atoms with Gasteiger partial charge in [-0.25, -0.2) is 5.43 Å². The Kier molecular flexibility index (Phi) is 5.63. The minimum absolute atomic E-state index is 0.202. The van der Waals surface area contributed by atoms with Crippen molar-refractivity contribution in [2.75, 3.05) is 0 Å². The molecule has 0 aliphatic rings. The summed E-state index contributed by atoms with van der Waals surface area (Å²) in [6, 6.07) is 22.1. The molecule has 1 N–H and O–H groups in total. The Morgan fingerprint density at radius 1 is 1.10 bits per heavy atom. The van der Waals surface area contributed by atoms with Crippen molar-refractivity contribution in [2.24, 2.45) is 5.10 Å². The number of amides is 1. The van der Waals surface area contributed by atoms with Gasteiger partial charge in [-0.3, -0.25) is 9.48 Å². The van der Waals surface area contributed by atoms with Gasteiger partial charge in [-0.1, -0.05) is 60.7 Å². The SMILES string of the molecule is Cc1ccsc1C(=O)N/N=C\c1cn(Cc2ccccc2)nc1-c1ccccc1. The maximum absolute atomic E-state index is 12.3. The third kappa shape index (κ3) is 4.50. The Morgan fingerprint density at radius 3 is 2.52 bits per heavy atom. The first-order valence-electron chi connectivity index (χ1n) is 9.25. The van der Waals surface area contributed by atoms with Crippen molar-refractivity contribution in [3.63, 3.8) is 0 Å². The smallest absolute Gasteiger partial charge is 0.267 e. The number of thiophene rings is 1. The van der Waals surface area contributed by atoms with Gasteiger partial charge in [0, 0.05) is 17.3 Å². The number of carbonyl (C=O) groups excluding carboxylic acids is 1. The summed E-state index contributed by atoms with van der Waals surface area (Å²) in [7, 11) is 0. The van der Waals surface area contributed by atoms with Crippen LogP contribution in [0, 0.1) is 6.92 Å². The van der Waals surface area contributed by atoms with Gasteiger partial charge < -0.3 is 0 Å². The van der Waals surface area contributed by atoms with Gasteiger partial charge in [0.05, 0.1) is 17.6 Å². The van der Waals surface area contributed by atoms with E-state index in [2.05, 4.69) is 22.7 Å². The molecule has 29 heavy (non-hydrogen) atoms. The highest BCUT2D eigenvalue weighted by Crippen LogP contribution is 2.21. The van der Waals surface area contributed by atoms with Gasteiger partial charge in [0.15, 0.2) is 0 Å². The molecular formula is C23H20N4OS. The van der Waals surface area contributed by atoms with Crippen LogP contribution in [0.4, 0.5) is 0 Å². The highest BCUT2D eigenvalue weighted by Gasteiger charge is 2.12. The maximum atomic E-state index is 12.3. The summed E-state index contributed by atoms with van der Waals surface area (Å²) in [6.45, 7) is 2.57. The van der Waals surface area contributed by atoms with E-state index in [1.54, 1.807) is 6.21 Å². The molecule has 0 aliphatic carbocycles. The zero-order chi connectivity index (χ0) is 20.1. The minimum atomic E-state index is -0.202. The molecule has 2 aromatic carbocycles. The molecule has 0 unspecified atom stereocenters. The molecule has 5 nitrogen and oxygen atoms in total. The van der Waals surface area contributed by atoms with Gasteiger partial charge in [0.2, 0.25) is 0 Å². The van der Waals surface area contributed by atoms with Crippen LogP contribution in [0.3, 0.4) is 0 Å². The maximum Gasteiger partial charge on any atom is 0.281 e. The van der Waals surface area contributed by atoms with Crippen LogP contribution in [0.1, 0.15) is 26.4 Å². The molecule has 0 radical (unpaired) electrons. The Bertz CT molecular complexity index is 1130. The van der Waals surface area contributed by atoms with Crippen LogP contribution in [-0.4, -0.2) is 21.9 Å². The first-order chi connectivity index (χ1) is 14.2. The predicted molar refractivity (Wildman–Crippen MR) is 117 cm³/mol. The van der Waals surface area contributed by atoms with Crippen LogP contribution < -0.4 is 5.43 Å². The van der Waals surface area contributed by atoms with Crippen LogP contribution in [0.15, 0.2) is 83.4 Å². The van der Waals surface area contributed by atoms with Gasteiger partial charge >= 0.3 is 0 Å². The standard InChI is InChI=1S/C23H20N4OS/c1-17-12-13-29-22(17)23(28)25-24-14-20-16-27(15-18-8-4-2-5-9-18)26-21(20)19-10-6-3-7-11-19/h2-14,16H,15H2,1H3,(H,25,28)/b24-14-. The number of hydrazone groups is 1. The normalized spacial score (nSPS) is 11.1. The van der Waals surface area contributed by atoms with Gasteiger partial charge in [0.25, 0.3) is 5.91 Å². The quantitative estimate of drug-likeness (QED) is 0.376. The summed E-state index contributed by atoms with van der Waals surface area (Å²) in [5.41, 5.74) is 7.40. The largest absolute Gasteiger partial charge is 0.281 e. The molecule has 4 rings (SSSR count). The van der Waals surface area contributed by atoms with E-state index in [1.165, 1.54) is 16.9 Å². The van der Waals surface area contributed by atoms with Crippen molar-refractivity contribution in [2.45, 2.75) is 13.5 Å². The lowest BCUT2D eigenvalue weighted by Crippen LogP contribution is -2.17. The fourth-order valence-corrected chi connectivity index (χ4v) is 3.83. The van der Waals surface area contributed by atoms with Gasteiger partial charge in [-0.05, 0) is 29.5 Å². The highest BCUT2D eigenvalue weighted by atomic mass is 32.1. The zero-order valence-electron chi connectivity index (χ0n) is 15.9. The molecule has 0 fully saturated rings. The van der Waals surface area contributed by atoms with Gasteiger partial charge in [-0.2, -0.15) is 10.2 Å². The highest BCUT2D eigenvalue weighted by molar-refractivity contribution is 7.12. The second kappa shape index (κ2) is 8.67. The number of hydrogen-bond donors (Lipinski definition) is 1. The average molecular weight is 401 g/mol. The first-order valence-corrected chi connectivity index (χ1v) is 10.1. The number of hydrogen-bond acceptors (Lipinski definition) is 4. The van der Waals surface area contributed by atoms with Crippen LogP contribution in [0.2, 0.25) is 0 Å². The number of benzene rings is 2.